The number of nitrogens with one attached hydrogen (secondary N) is 2. The fraction of sp³-hybridized carbons (Fsp3) is 0.714. The van der Waals surface area contributed by atoms with Crippen molar-refractivity contribution < 1.29 is 29.4 Å². The van der Waals surface area contributed by atoms with E-state index in [1.165, 1.54) is 0 Å². The predicted molar refractivity (Wildman–Crippen MR) is 70.8 cm³/mol. The highest BCUT2D eigenvalue weighted by Gasteiger charge is 2.27. The SMILES string of the molecule is O=C([O-])CCC(=O)NC1CCCCC1NC(=O)CCC(=O)[O-]. The zero-order chi connectivity index (χ0) is 16.5. The number of carbonyl (C=O) groups excluding carboxylic acids is 4. The van der Waals surface area contributed by atoms with E-state index in [1.807, 2.05) is 0 Å². The molecule has 0 bridgehead atoms. The Morgan fingerprint density at radius 1 is 0.727 bits per heavy atom. The van der Waals surface area contributed by atoms with Gasteiger partial charge in [0.25, 0.3) is 0 Å². The molecule has 8 nitrogen and oxygen atoms in total. The molecule has 0 spiro atoms. The summed E-state index contributed by atoms with van der Waals surface area (Å²) in [5.74, 6) is -3.37. The van der Waals surface area contributed by atoms with Crippen LogP contribution in [0.4, 0.5) is 0 Å². The summed E-state index contributed by atoms with van der Waals surface area (Å²) in [5, 5.41) is 26.1. The van der Waals surface area contributed by atoms with Crippen molar-refractivity contribution in [3.8, 4) is 0 Å². The van der Waals surface area contributed by atoms with Gasteiger partial charge in [0.1, 0.15) is 0 Å². The van der Waals surface area contributed by atoms with Gasteiger partial charge in [0.15, 0.2) is 0 Å². The standard InChI is InChI=1S/C14H22N2O6/c17-11(5-7-13(19)20)15-9-3-1-2-4-10(9)16-12(18)6-8-14(21)22/h9-10H,1-8H2,(H,15,17)(H,16,18)(H,19,20)(H,21,22)/p-2. The van der Waals surface area contributed by atoms with Crippen LogP contribution in [0.15, 0.2) is 0 Å². The van der Waals surface area contributed by atoms with Gasteiger partial charge >= 0.3 is 0 Å². The smallest absolute Gasteiger partial charge is 0.220 e. The lowest BCUT2D eigenvalue weighted by Crippen LogP contribution is -2.53. The lowest BCUT2D eigenvalue weighted by atomic mass is 9.90. The van der Waals surface area contributed by atoms with Gasteiger partial charge in [-0.05, 0) is 25.7 Å². The highest BCUT2D eigenvalue weighted by atomic mass is 16.4. The van der Waals surface area contributed by atoms with Crippen LogP contribution in [0.5, 0.6) is 0 Å². The normalized spacial score (nSPS) is 20.9. The summed E-state index contributed by atoms with van der Waals surface area (Å²) in [7, 11) is 0. The lowest BCUT2D eigenvalue weighted by Gasteiger charge is -2.33. The van der Waals surface area contributed by atoms with Crippen LogP contribution in [0.25, 0.3) is 0 Å². The van der Waals surface area contributed by atoms with Gasteiger partial charge < -0.3 is 30.4 Å². The maximum absolute atomic E-state index is 11.7. The molecule has 2 N–H and O–H groups in total. The average Bonchev–Trinajstić information content (AvgIpc) is 2.45. The van der Waals surface area contributed by atoms with E-state index in [2.05, 4.69) is 10.6 Å². The number of hydrogen-bond acceptors (Lipinski definition) is 6. The van der Waals surface area contributed by atoms with Gasteiger partial charge in [0, 0.05) is 36.9 Å². The van der Waals surface area contributed by atoms with Gasteiger partial charge in [-0.15, -0.1) is 0 Å². The van der Waals surface area contributed by atoms with E-state index in [4.69, 9.17) is 0 Å². The van der Waals surface area contributed by atoms with Crippen LogP contribution in [0.2, 0.25) is 0 Å². The van der Waals surface area contributed by atoms with Crippen LogP contribution >= 0.6 is 0 Å². The highest BCUT2D eigenvalue weighted by Crippen LogP contribution is 2.19. The summed E-state index contributed by atoms with van der Waals surface area (Å²) in [6.45, 7) is 0. The monoisotopic (exact) mass is 312 g/mol. The first kappa shape index (κ1) is 17.9. The minimum atomic E-state index is -1.29. The van der Waals surface area contributed by atoms with E-state index in [0.717, 1.165) is 12.8 Å². The topological polar surface area (TPSA) is 138 Å². The van der Waals surface area contributed by atoms with E-state index >= 15 is 0 Å². The zero-order valence-corrected chi connectivity index (χ0v) is 12.3. The Morgan fingerprint density at radius 2 is 1.09 bits per heavy atom. The molecule has 1 rings (SSSR count). The van der Waals surface area contributed by atoms with Crippen LogP contribution in [0, 0.1) is 0 Å². The average molecular weight is 312 g/mol. The number of carboxylic acid groups (broad SMARTS) is 2. The quantitative estimate of drug-likeness (QED) is 0.512. The van der Waals surface area contributed by atoms with Gasteiger partial charge in [-0.25, -0.2) is 0 Å². The molecule has 0 heterocycles. The van der Waals surface area contributed by atoms with Crippen molar-refractivity contribution in [3.05, 3.63) is 0 Å². The largest absolute Gasteiger partial charge is 0.550 e. The van der Waals surface area contributed by atoms with E-state index in [1.54, 1.807) is 0 Å². The maximum atomic E-state index is 11.7. The first-order chi connectivity index (χ1) is 10.4. The van der Waals surface area contributed by atoms with E-state index in [9.17, 15) is 29.4 Å². The lowest BCUT2D eigenvalue weighted by molar-refractivity contribution is -0.307. The second-order valence-corrected chi connectivity index (χ2v) is 5.38. The van der Waals surface area contributed by atoms with Crippen LogP contribution in [0.3, 0.4) is 0 Å². The number of carboxylic acids is 2. The molecule has 0 aromatic heterocycles. The van der Waals surface area contributed by atoms with Crippen molar-refractivity contribution in [2.45, 2.75) is 63.5 Å². The minimum absolute atomic E-state index is 0.163. The Labute approximate surface area is 128 Å². The molecule has 0 aliphatic heterocycles. The number of amides is 2. The van der Waals surface area contributed by atoms with E-state index < -0.39 is 23.8 Å². The number of aliphatic carboxylic acids is 2. The molecule has 1 aliphatic rings. The molecule has 0 aromatic rings. The zero-order valence-electron chi connectivity index (χ0n) is 12.3. The summed E-state index contributed by atoms with van der Waals surface area (Å²) in [6.07, 6.45) is 2.15. The molecule has 0 aromatic carbocycles. The number of rotatable bonds is 8. The summed E-state index contributed by atoms with van der Waals surface area (Å²) in [6, 6.07) is -0.537. The Hall–Kier alpha value is -2.12. The molecule has 22 heavy (non-hydrogen) atoms. The molecule has 124 valence electrons. The molecule has 8 heteroatoms. The molecule has 2 atom stereocenters. The van der Waals surface area contributed by atoms with Crippen molar-refractivity contribution >= 4 is 23.8 Å². The molecule has 2 amide bonds. The van der Waals surface area contributed by atoms with Gasteiger partial charge in [-0.1, -0.05) is 12.8 Å². The molecule has 1 saturated carbocycles. The first-order valence-electron chi connectivity index (χ1n) is 7.37. The Morgan fingerprint density at radius 3 is 1.41 bits per heavy atom. The van der Waals surface area contributed by atoms with Crippen molar-refractivity contribution in [2.24, 2.45) is 0 Å². The fourth-order valence-corrected chi connectivity index (χ4v) is 2.47. The fourth-order valence-electron chi connectivity index (χ4n) is 2.47. The summed E-state index contributed by atoms with van der Waals surface area (Å²) in [4.78, 5) is 44.0. The van der Waals surface area contributed by atoms with E-state index in [0.29, 0.717) is 12.8 Å². The van der Waals surface area contributed by atoms with Gasteiger partial charge in [0.2, 0.25) is 11.8 Å². The molecule has 0 radical (unpaired) electrons. The van der Waals surface area contributed by atoms with Crippen LogP contribution in [0.1, 0.15) is 51.4 Å². The first-order valence-corrected chi connectivity index (χ1v) is 7.37. The van der Waals surface area contributed by atoms with E-state index in [-0.39, 0.29) is 37.8 Å². The number of hydrogen-bond donors (Lipinski definition) is 2. The molecular formula is C14H20N2O6-2. The third-order valence-electron chi connectivity index (χ3n) is 3.57. The van der Waals surface area contributed by atoms with Crippen molar-refractivity contribution in [3.63, 3.8) is 0 Å². The summed E-state index contributed by atoms with van der Waals surface area (Å²) >= 11 is 0. The van der Waals surface area contributed by atoms with Gasteiger partial charge in [-0.3, -0.25) is 9.59 Å². The van der Waals surface area contributed by atoms with Crippen LogP contribution in [-0.2, 0) is 19.2 Å². The molecular weight excluding hydrogens is 292 g/mol. The van der Waals surface area contributed by atoms with Crippen molar-refractivity contribution in [1.29, 1.82) is 0 Å². The van der Waals surface area contributed by atoms with Crippen LogP contribution in [-0.4, -0.2) is 35.8 Å². The Balaban J connectivity index is 2.45. The highest BCUT2D eigenvalue weighted by molar-refractivity contribution is 5.81. The second kappa shape index (κ2) is 9.01. The molecule has 1 aliphatic carbocycles. The Bertz CT molecular complexity index is 397. The predicted octanol–water partition coefficient (Wildman–Crippen LogP) is -2.41. The molecule has 1 fully saturated rings. The minimum Gasteiger partial charge on any atom is -0.550 e. The summed E-state index contributed by atoms with van der Waals surface area (Å²) < 4.78 is 0. The maximum Gasteiger partial charge on any atom is 0.220 e. The number of carbonyl (C=O) groups is 4. The molecule has 0 saturated heterocycles. The van der Waals surface area contributed by atoms with Crippen LogP contribution < -0.4 is 20.8 Å². The third kappa shape index (κ3) is 7.05. The second-order valence-electron chi connectivity index (χ2n) is 5.38. The Kier molecular flexibility index (Phi) is 7.34. The summed E-state index contributed by atoms with van der Waals surface area (Å²) in [5.41, 5.74) is 0. The van der Waals surface area contributed by atoms with Crippen molar-refractivity contribution in [2.75, 3.05) is 0 Å². The van der Waals surface area contributed by atoms with Crippen molar-refractivity contribution in [1.82, 2.24) is 10.6 Å². The molecule has 2 unspecified atom stereocenters. The third-order valence-corrected chi connectivity index (χ3v) is 3.57. The van der Waals surface area contributed by atoms with Gasteiger partial charge in [0.05, 0.1) is 0 Å². The van der Waals surface area contributed by atoms with Gasteiger partial charge in [-0.2, -0.15) is 0 Å².